The van der Waals surface area contributed by atoms with Crippen molar-refractivity contribution in [3.63, 3.8) is 0 Å². The van der Waals surface area contributed by atoms with Gasteiger partial charge in [0, 0.05) is 50.0 Å². The predicted molar refractivity (Wildman–Crippen MR) is 161 cm³/mol. The number of carbonyl (C=O) groups excluding carboxylic acids is 1. The minimum atomic E-state index is -0.937. The summed E-state index contributed by atoms with van der Waals surface area (Å²) in [5, 5.41) is 9.92. The Hall–Kier alpha value is -3.28. The van der Waals surface area contributed by atoms with E-state index < -0.39 is 6.09 Å². The summed E-state index contributed by atoms with van der Waals surface area (Å²) in [4.78, 5) is 38.9. The van der Waals surface area contributed by atoms with Gasteiger partial charge < -0.3 is 19.5 Å². The maximum absolute atomic E-state index is 14.3. The summed E-state index contributed by atoms with van der Waals surface area (Å²) in [6.07, 6.45) is 1.35. The average Bonchev–Trinajstić information content (AvgIpc) is 2.96. The molecule has 2 saturated heterocycles. The summed E-state index contributed by atoms with van der Waals surface area (Å²) in [6.45, 7) is 13.5. The van der Waals surface area contributed by atoms with Crippen LogP contribution in [0, 0.1) is 11.7 Å². The number of ether oxygens (including phenoxy) is 2. The second kappa shape index (κ2) is 13.2. The van der Waals surface area contributed by atoms with Crippen LogP contribution in [0.3, 0.4) is 0 Å². The molecule has 0 aliphatic carbocycles. The minimum absolute atomic E-state index is 0.0620. The van der Waals surface area contributed by atoms with Crippen LogP contribution in [0.4, 0.5) is 14.9 Å². The molecule has 11 heteroatoms. The van der Waals surface area contributed by atoms with Gasteiger partial charge in [-0.25, -0.2) is 14.2 Å². The van der Waals surface area contributed by atoms with Crippen LogP contribution in [0.25, 0.3) is 0 Å². The van der Waals surface area contributed by atoms with Crippen molar-refractivity contribution in [2.45, 2.75) is 71.2 Å². The zero-order chi connectivity index (χ0) is 30.8. The van der Waals surface area contributed by atoms with E-state index in [0.29, 0.717) is 57.4 Å². The highest BCUT2D eigenvalue weighted by atomic mass is 19.1. The van der Waals surface area contributed by atoms with Crippen LogP contribution < -0.4 is 9.64 Å². The molecule has 1 aromatic carbocycles. The molecule has 5 atom stereocenters. The van der Waals surface area contributed by atoms with E-state index in [-0.39, 0.29) is 54.4 Å². The second-order valence-electron chi connectivity index (χ2n) is 12.7. The number of aromatic nitrogens is 1. The third kappa shape index (κ3) is 6.94. The zero-order valence-electron chi connectivity index (χ0n) is 25.8. The molecule has 0 saturated carbocycles. The molecule has 2 amide bonds. The molecule has 0 radical (unpaired) electrons. The SMILES string of the molecule is CC(C)[C@H]1COc2ncc(Cc3ccc(F)cc3)cc2N1C(=O)CN1C[C@@H](C)N(C(=O)O)C[C@@H]1CN1[C@H](C)COC[C@H]1C. The van der Waals surface area contributed by atoms with Gasteiger partial charge in [-0.05, 0) is 62.4 Å². The van der Waals surface area contributed by atoms with Gasteiger partial charge in [0.1, 0.15) is 18.1 Å². The fraction of sp³-hybridized carbons (Fsp3) is 0.594. The summed E-state index contributed by atoms with van der Waals surface area (Å²) in [5.74, 6) is 0.204. The third-order valence-electron chi connectivity index (χ3n) is 9.04. The molecular formula is C32H44FN5O5. The van der Waals surface area contributed by atoms with Crippen molar-refractivity contribution in [3.05, 3.63) is 53.5 Å². The number of amides is 2. The third-order valence-corrected chi connectivity index (χ3v) is 9.04. The summed E-state index contributed by atoms with van der Waals surface area (Å²) in [7, 11) is 0. The summed E-state index contributed by atoms with van der Waals surface area (Å²) >= 11 is 0. The first-order chi connectivity index (χ1) is 20.5. The standard InChI is InChI=1S/C32H44FN5O5/c1-20(2)29-19-43-31-28(11-25(12-34-31)10-24-6-8-26(33)9-7-24)38(29)30(39)16-35-13-21(3)37(32(40)41)15-27(35)14-36-22(4)17-42-18-23(36)5/h6-9,11-12,20-23,27,29H,10,13-19H2,1-5H3,(H,40,41)/t21-,22-,23-,27+,29-/m1/s1. The van der Waals surface area contributed by atoms with Crippen LogP contribution in [-0.2, 0) is 16.0 Å². The van der Waals surface area contributed by atoms with Crippen molar-refractivity contribution in [1.29, 1.82) is 0 Å². The fourth-order valence-corrected chi connectivity index (χ4v) is 6.56. The molecule has 10 nitrogen and oxygen atoms in total. The van der Waals surface area contributed by atoms with E-state index in [4.69, 9.17) is 9.47 Å². The molecule has 234 valence electrons. The van der Waals surface area contributed by atoms with Gasteiger partial charge in [-0.2, -0.15) is 0 Å². The minimum Gasteiger partial charge on any atom is -0.474 e. The largest absolute Gasteiger partial charge is 0.474 e. The van der Waals surface area contributed by atoms with Crippen LogP contribution >= 0.6 is 0 Å². The molecule has 5 rings (SSSR count). The maximum atomic E-state index is 14.3. The number of fused-ring (bicyclic) bond motifs is 1. The number of anilines is 1. The van der Waals surface area contributed by atoms with Crippen molar-refractivity contribution in [2.24, 2.45) is 5.92 Å². The molecule has 0 unspecified atom stereocenters. The quantitative estimate of drug-likeness (QED) is 0.516. The van der Waals surface area contributed by atoms with Crippen molar-refractivity contribution < 1.29 is 28.6 Å². The predicted octanol–water partition coefficient (Wildman–Crippen LogP) is 3.72. The van der Waals surface area contributed by atoms with Gasteiger partial charge in [0.2, 0.25) is 11.8 Å². The highest BCUT2D eigenvalue weighted by molar-refractivity contribution is 5.97. The Kier molecular flexibility index (Phi) is 9.53. The Bertz CT molecular complexity index is 1280. The number of nitrogens with zero attached hydrogens (tertiary/aromatic N) is 5. The number of carbonyl (C=O) groups is 2. The van der Waals surface area contributed by atoms with Gasteiger partial charge in [0.25, 0.3) is 0 Å². The number of benzene rings is 1. The topological polar surface area (TPSA) is 98.7 Å². The van der Waals surface area contributed by atoms with Gasteiger partial charge in [0.05, 0.1) is 25.8 Å². The lowest BCUT2D eigenvalue weighted by Crippen LogP contribution is -2.65. The van der Waals surface area contributed by atoms with E-state index in [1.54, 1.807) is 18.3 Å². The van der Waals surface area contributed by atoms with Crippen LogP contribution in [0.2, 0.25) is 0 Å². The van der Waals surface area contributed by atoms with Gasteiger partial charge in [-0.15, -0.1) is 0 Å². The Balaban J connectivity index is 1.41. The van der Waals surface area contributed by atoms with Crippen LogP contribution in [0.1, 0.15) is 45.7 Å². The highest BCUT2D eigenvalue weighted by Gasteiger charge is 2.41. The first kappa shape index (κ1) is 31.2. The highest BCUT2D eigenvalue weighted by Crippen LogP contribution is 2.36. The van der Waals surface area contributed by atoms with Crippen LogP contribution in [0.5, 0.6) is 5.88 Å². The molecule has 3 aliphatic rings. The van der Waals surface area contributed by atoms with Gasteiger partial charge in [-0.3, -0.25) is 19.5 Å². The first-order valence-electron chi connectivity index (χ1n) is 15.3. The Labute approximate surface area is 253 Å². The lowest BCUT2D eigenvalue weighted by molar-refractivity contribution is -0.123. The Morgan fingerprint density at radius 2 is 1.72 bits per heavy atom. The Morgan fingerprint density at radius 1 is 1.02 bits per heavy atom. The molecule has 1 aromatic heterocycles. The normalized spacial score (nSPS) is 26.7. The van der Waals surface area contributed by atoms with Gasteiger partial charge in [-0.1, -0.05) is 26.0 Å². The monoisotopic (exact) mass is 597 g/mol. The number of halogens is 1. The van der Waals surface area contributed by atoms with E-state index in [0.717, 1.165) is 11.1 Å². The van der Waals surface area contributed by atoms with Gasteiger partial charge >= 0.3 is 6.09 Å². The molecule has 2 aromatic rings. The summed E-state index contributed by atoms with van der Waals surface area (Å²) in [5.41, 5.74) is 2.48. The lowest BCUT2D eigenvalue weighted by atomic mass is 9.99. The van der Waals surface area contributed by atoms with E-state index in [2.05, 4.69) is 42.5 Å². The molecule has 2 fully saturated rings. The van der Waals surface area contributed by atoms with Crippen molar-refractivity contribution in [3.8, 4) is 5.88 Å². The number of rotatable bonds is 7. The fourth-order valence-electron chi connectivity index (χ4n) is 6.56. The number of pyridine rings is 1. The first-order valence-corrected chi connectivity index (χ1v) is 15.3. The number of hydrogen-bond acceptors (Lipinski definition) is 7. The van der Waals surface area contributed by atoms with E-state index in [9.17, 15) is 19.1 Å². The molecule has 43 heavy (non-hydrogen) atoms. The molecular weight excluding hydrogens is 553 g/mol. The average molecular weight is 598 g/mol. The molecule has 4 heterocycles. The second-order valence-corrected chi connectivity index (χ2v) is 12.7. The van der Waals surface area contributed by atoms with E-state index >= 15 is 0 Å². The lowest BCUT2D eigenvalue weighted by Gasteiger charge is -2.48. The smallest absolute Gasteiger partial charge is 0.407 e. The van der Waals surface area contributed by atoms with E-state index in [1.807, 2.05) is 17.9 Å². The van der Waals surface area contributed by atoms with Crippen molar-refractivity contribution >= 4 is 17.7 Å². The number of morpholine rings is 1. The van der Waals surface area contributed by atoms with Crippen molar-refractivity contribution in [1.82, 2.24) is 19.7 Å². The number of piperazine rings is 1. The Morgan fingerprint density at radius 3 is 2.37 bits per heavy atom. The van der Waals surface area contributed by atoms with Crippen LogP contribution in [0.15, 0.2) is 36.5 Å². The van der Waals surface area contributed by atoms with Gasteiger partial charge in [0.15, 0.2) is 0 Å². The maximum Gasteiger partial charge on any atom is 0.407 e. The van der Waals surface area contributed by atoms with E-state index in [1.165, 1.54) is 17.0 Å². The molecule has 0 bridgehead atoms. The molecule has 1 N–H and O–H groups in total. The molecule has 3 aliphatic heterocycles. The zero-order valence-corrected chi connectivity index (χ0v) is 25.8. The molecule has 0 spiro atoms. The summed E-state index contributed by atoms with van der Waals surface area (Å²) in [6, 6.07) is 8.14. The summed E-state index contributed by atoms with van der Waals surface area (Å²) < 4.78 is 25.2. The number of carboxylic acid groups (broad SMARTS) is 1. The van der Waals surface area contributed by atoms with Crippen molar-refractivity contribution in [2.75, 3.05) is 50.9 Å². The number of hydrogen-bond donors (Lipinski definition) is 1. The van der Waals surface area contributed by atoms with Crippen LogP contribution in [-0.4, -0.2) is 113 Å².